The summed E-state index contributed by atoms with van der Waals surface area (Å²) in [6, 6.07) is 9.65. The van der Waals surface area contributed by atoms with Crippen LogP contribution in [0.3, 0.4) is 0 Å². The first-order valence-corrected chi connectivity index (χ1v) is 24.5. The summed E-state index contributed by atoms with van der Waals surface area (Å²) in [6.07, 6.45) is 11.2. The molecule has 1 aromatic heterocycles. The monoisotopic (exact) mass is 877 g/mol. The first kappa shape index (κ1) is 43.6. The van der Waals surface area contributed by atoms with Gasteiger partial charge < -0.3 is 9.74 Å². The number of piperidine rings is 1. The Morgan fingerprint density at radius 1 is 0.931 bits per heavy atom. The van der Waals surface area contributed by atoms with Gasteiger partial charge in [-0.3, -0.25) is 14.1 Å². The van der Waals surface area contributed by atoms with Gasteiger partial charge in [0.2, 0.25) is 15.5 Å². The number of benzene rings is 2. The molecule has 3 aliphatic rings. The number of carbonyl (C=O) groups is 3. The fourth-order valence-corrected chi connectivity index (χ4v) is 11.4. The summed E-state index contributed by atoms with van der Waals surface area (Å²) in [5.74, 6) is -1.67. The van der Waals surface area contributed by atoms with Crippen molar-refractivity contribution < 1.29 is 53.6 Å². The summed E-state index contributed by atoms with van der Waals surface area (Å²) >= 11 is 1.43. The number of rotatable bonds is 17. The number of allylic oxidation sites excluding steroid dienone is 3. The molecule has 2 aromatic carbocycles. The highest BCUT2D eigenvalue weighted by molar-refractivity contribution is 7.89. The lowest BCUT2D eigenvalue weighted by Crippen LogP contribution is -2.36. The summed E-state index contributed by atoms with van der Waals surface area (Å²) < 4.78 is 88.2. The largest absolute Gasteiger partial charge is 0.344 e. The van der Waals surface area contributed by atoms with Gasteiger partial charge in [-0.25, -0.2) is 21.6 Å². The van der Waals surface area contributed by atoms with E-state index in [-0.39, 0.29) is 34.8 Å². The van der Waals surface area contributed by atoms with Crippen LogP contribution >= 0.6 is 11.3 Å². The first-order valence-electron chi connectivity index (χ1n) is 19.4. The maximum Gasteiger partial charge on any atom is 0.333 e. The van der Waals surface area contributed by atoms with Crippen LogP contribution in [0.15, 0.2) is 64.0 Å². The predicted molar refractivity (Wildman–Crippen MR) is 218 cm³/mol. The second-order valence-corrected chi connectivity index (χ2v) is 20.7. The standard InChI is InChI=1S/C39H48N4O11S4/c1-39(2)30-26-29(58(51,52)53)16-17-31(30)41(23-8-3-5-14-38(46)54-43-35(44)19-20-36(43)45)34(39)12-11-13-37-42(24-9-10-25-56(47)48)32-18-15-28(27-33(32)55-37)57(49,50)40-21-6-4-7-22-40/h11-13,15-18,26-27,56H,3-10,14,19-25H2,1-2H3/p+1. The van der Waals surface area contributed by atoms with Crippen LogP contribution in [0, 0.1) is 0 Å². The van der Waals surface area contributed by atoms with E-state index in [9.17, 15) is 44.2 Å². The van der Waals surface area contributed by atoms with Crippen LogP contribution in [0.4, 0.5) is 5.69 Å². The zero-order chi connectivity index (χ0) is 41.8. The minimum absolute atomic E-state index is 0.0123. The molecule has 19 heteroatoms. The molecule has 0 unspecified atom stereocenters. The number of sulfonamides is 1. The lowest BCUT2D eigenvalue weighted by atomic mass is 9.83. The molecule has 2 fully saturated rings. The summed E-state index contributed by atoms with van der Waals surface area (Å²) in [6.45, 7) is 5.91. The quantitative estimate of drug-likeness (QED) is 0.0615. The third-order valence-electron chi connectivity index (χ3n) is 10.7. The maximum atomic E-state index is 13.6. The van der Waals surface area contributed by atoms with Gasteiger partial charge in [0.05, 0.1) is 9.79 Å². The van der Waals surface area contributed by atoms with Crippen LogP contribution in [-0.2, 0) is 62.0 Å². The minimum atomic E-state index is -4.48. The van der Waals surface area contributed by atoms with Gasteiger partial charge in [-0.1, -0.05) is 44.1 Å². The molecule has 0 atom stereocenters. The molecule has 6 rings (SSSR count). The van der Waals surface area contributed by atoms with Gasteiger partial charge in [-0.05, 0) is 74.1 Å². The maximum absolute atomic E-state index is 13.6. The Bertz CT molecular complexity index is 2420. The van der Waals surface area contributed by atoms with Gasteiger partial charge >= 0.3 is 5.97 Å². The molecule has 3 aromatic rings. The number of thiol groups is 1. The van der Waals surface area contributed by atoms with E-state index >= 15 is 0 Å². The molecular formula is C39H49N4O11S4+. The normalized spacial score (nSPS) is 18.4. The molecule has 15 nitrogen and oxygen atoms in total. The number of amides is 2. The van der Waals surface area contributed by atoms with E-state index in [0.29, 0.717) is 68.9 Å². The molecule has 1 N–H and O–H groups in total. The van der Waals surface area contributed by atoms with E-state index < -0.39 is 54.0 Å². The number of carbonyl (C=O) groups excluding carboxylic acids is 3. The highest BCUT2D eigenvalue weighted by Crippen LogP contribution is 2.48. The second kappa shape index (κ2) is 18.1. The van der Waals surface area contributed by atoms with Gasteiger partial charge in [-0.2, -0.15) is 17.3 Å². The average Bonchev–Trinajstić information content (AvgIpc) is 3.76. The Morgan fingerprint density at radius 2 is 1.64 bits per heavy atom. The number of nitrogens with zero attached hydrogens (tertiary/aromatic N) is 4. The van der Waals surface area contributed by atoms with Crippen molar-refractivity contribution in [3.05, 3.63) is 64.8 Å². The number of hydrogen-bond donors (Lipinski definition) is 2. The van der Waals surface area contributed by atoms with Crippen molar-refractivity contribution in [1.82, 2.24) is 9.37 Å². The molecule has 0 spiro atoms. The Hall–Kier alpha value is -4.01. The van der Waals surface area contributed by atoms with Gasteiger partial charge in [0.25, 0.3) is 26.9 Å². The van der Waals surface area contributed by atoms with Crippen molar-refractivity contribution in [3.63, 3.8) is 0 Å². The molecule has 2 saturated heterocycles. The number of anilines is 1. The predicted octanol–water partition coefficient (Wildman–Crippen LogP) is 4.86. The van der Waals surface area contributed by atoms with E-state index in [1.54, 1.807) is 22.5 Å². The SMILES string of the molecule is CC1(C)/C(=C\C=C\c2sc3cc(S(=O)(=O)N4CCCCC4)ccc3[n+]2CCCC[SH](=O)=O)N(CCCCCC(=O)ON2C(=O)CCC2=O)c2ccc(S(=O)(=O)O)cc21. The third-order valence-corrected chi connectivity index (χ3v) is 15.3. The fraction of sp³-hybridized carbons (Fsp3) is 0.487. The number of hydroxylamine groups is 2. The van der Waals surface area contributed by atoms with Crippen molar-refractivity contribution >= 4 is 81.9 Å². The third kappa shape index (κ3) is 9.71. The molecule has 4 heterocycles. The summed E-state index contributed by atoms with van der Waals surface area (Å²) in [4.78, 5) is 43.0. The van der Waals surface area contributed by atoms with Gasteiger partial charge in [0.15, 0.2) is 6.54 Å². The second-order valence-electron chi connectivity index (χ2n) is 15.1. The van der Waals surface area contributed by atoms with Crippen molar-refractivity contribution in [2.45, 2.75) is 106 Å². The van der Waals surface area contributed by atoms with Crippen molar-refractivity contribution in [2.24, 2.45) is 0 Å². The first-order chi connectivity index (χ1) is 27.5. The van der Waals surface area contributed by atoms with Crippen molar-refractivity contribution in [2.75, 3.05) is 30.3 Å². The number of aromatic nitrogens is 1. The molecule has 2 amide bonds. The average molecular weight is 878 g/mol. The summed E-state index contributed by atoms with van der Waals surface area (Å²) in [5, 5.41) is 1.36. The number of hydrogen-bond acceptors (Lipinski definition) is 12. The smallest absolute Gasteiger partial charge is 0.333 e. The van der Waals surface area contributed by atoms with E-state index in [1.807, 2.05) is 38.1 Å². The van der Waals surface area contributed by atoms with E-state index in [2.05, 4.69) is 9.47 Å². The van der Waals surface area contributed by atoms with Gasteiger partial charge in [0.1, 0.15) is 15.4 Å². The molecule has 0 saturated carbocycles. The number of imide groups is 1. The number of unbranched alkanes of at least 4 members (excludes halogenated alkanes) is 3. The Labute approximate surface area is 344 Å². The molecule has 314 valence electrons. The van der Waals surface area contributed by atoms with Crippen LogP contribution in [0.25, 0.3) is 16.3 Å². The topological polar surface area (TPSA) is 197 Å². The van der Waals surface area contributed by atoms with Crippen LogP contribution in [0.5, 0.6) is 0 Å². The van der Waals surface area contributed by atoms with Crippen LogP contribution < -0.4 is 9.47 Å². The fourth-order valence-electron chi connectivity index (χ4n) is 7.66. The molecule has 0 bridgehead atoms. The highest BCUT2D eigenvalue weighted by Gasteiger charge is 2.40. The molecular weight excluding hydrogens is 829 g/mol. The summed E-state index contributed by atoms with van der Waals surface area (Å²) in [5.41, 5.74) is 2.43. The van der Waals surface area contributed by atoms with Crippen molar-refractivity contribution in [1.29, 1.82) is 0 Å². The zero-order valence-electron chi connectivity index (χ0n) is 32.5. The Balaban J connectivity index is 1.26. The van der Waals surface area contributed by atoms with E-state index in [0.717, 1.165) is 45.9 Å². The highest BCUT2D eigenvalue weighted by atomic mass is 32.2. The Morgan fingerprint density at radius 3 is 2.33 bits per heavy atom. The number of fused-ring (bicyclic) bond motifs is 2. The molecule has 3 aliphatic heterocycles. The Kier molecular flexibility index (Phi) is 13.6. The van der Waals surface area contributed by atoms with Gasteiger partial charge in [0, 0.05) is 80.0 Å². The van der Waals surface area contributed by atoms with Crippen molar-refractivity contribution in [3.8, 4) is 0 Å². The zero-order valence-corrected chi connectivity index (χ0v) is 35.8. The molecule has 0 radical (unpaired) electrons. The summed E-state index contributed by atoms with van der Waals surface area (Å²) in [7, 11) is -10.7. The minimum Gasteiger partial charge on any atom is -0.344 e. The number of aryl methyl sites for hydroxylation is 1. The van der Waals surface area contributed by atoms with Crippen LogP contribution in [0.2, 0.25) is 0 Å². The van der Waals surface area contributed by atoms with E-state index in [4.69, 9.17) is 4.84 Å². The van der Waals surface area contributed by atoms with Crippen LogP contribution in [-0.4, -0.2) is 82.3 Å². The number of thiazole rings is 1. The van der Waals surface area contributed by atoms with Gasteiger partial charge in [-0.15, -0.1) is 5.06 Å². The molecule has 0 aliphatic carbocycles. The lowest BCUT2D eigenvalue weighted by molar-refractivity contribution is -0.669. The van der Waals surface area contributed by atoms with E-state index in [1.165, 1.54) is 23.5 Å². The van der Waals surface area contributed by atoms with Crippen LogP contribution in [0.1, 0.15) is 95.0 Å². The molecule has 58 heavy (non-hydrogen) atoms. The lowest BCUT2D eigenvalue weighted by Gasteiger charge is -2.27.